The fourth-order valence-electron chi connectivity index (χ4n) is 3.03. The molecule has 1 aliphatic heterocycles. The number of H-pyrrole nitrogens is 1. The van der Waals surface area contributed by atoms with Crippen molar-refractivity contribution in [2.24, 2.45) is 5.41 Å². The molecule has 2 heterocycles. The summed E-state index contributed by atoms with van der Waals surface area (Å²) in [5.74, 6) is -0.0904. The van der Waals surface area contributed by atoms with Crippen LogP contribution in [0, 0.1) is 5.41 Å². The standard InChI is InChI=1S/C18H24N4O/c1-18(2,10-13-6-4-3-5-7-13)12-20-17(23)16-14-11-19-9-8-15(14)21-22-16/h3-7,19H,8-12H2,1-2H3,(H,20,23)(H,21,22). The highest BCUT2D eigenvalue weighted by atomic mass is 16.1. The minimum absolute atomic E-state index is 0.00830. The van der Waals surface area contributed by atoms with Crippen molar-refractivity contribution in [2.45, 2.75) is 33.2 Å². The predicted octanol–water partition coefficient (Wildman–Crippen LogP) is 2.05. The third kappa shape index (κ3) is 3.79. The number of fused-ring (bicyclic) bond motifs is 1. The quantitative estimate of drug-likeness (QED) is 0.791. The molecule has 0 saturated heterocycles. The molecule has 0 atom stereocenters. The molecular weight excluding hydrogens is 288 g/mol. The normalized spacial score (nSPS) is 14.3. The SMILES string of the molecule is CC(C)(CNC(=O)c1n[nH]c2c1CNCC2)Cc1ccccc1. The molecule has 0 bridgehead atoms. The first-order valence-electron chi connectivity index (χ1n) is 8.14. The number of aromatic amines is 1. The van der Waals surface area contributed by atoms with Crippen LogP contribution in [0.25, 0.3) is 0 Å². The second-order valence-electron chi connectivity index (χ2n) is 6.97. The van der Waals surface area contributed by atoms with Gasteiger partial charge in [0.15, 0.2) is 5.69 Å². The summed E-state index contributed by atoms with van der Waals surface area (Å²) in [6.45, 7) is 6.60. The summed E-state index contributed by atoms with van der Waals surface area (Å²) in [7, 11) is 0. The second-order valence-corrected chi connectivity index (χ2v) is 6.97. The van der Waals surface area contributed by atoms with E-state index in [2.05, 4.69) is 46.8 Å². The molecular formula is C18H24N4O. The van der Waals surface area contributed by atoms with E-state index in [9.17, 15) is 4.79 Å². The van der Waals surface area contributed by atoms with Crippen molar-refractivity contribution in [3.8, 4) is 0 Å². The molecule has 23 heavy (non-hydrogen) atoms. The lowest BCUT2D eigenvalue weighted by Crippen LogP contribution is -2.36. The maximum atomic E-state index is 12.5. The van der Waals surface area contributed by atoms with Gasteiger partial charge in [0.05, 0.1) is 0 Å². The molecule has 2 aromatic rings. The average molecular weight is 312 g/mol. The van der Waals surface area contributed by atoms with Gasteiger partial charge in [-0.05, 0) is 17.4 Å². The molecule has 122 valence electrons. The molecule has 5 nitrogen and oxygen atoms in total. The Balaban J connectivity index is 1.61. The van der Waals surface area contributed by atoms with Crippen LogP contribution >= 0.6 is 0 Å². The number of nitrogens with zero attached hydrogens (tertiary/aromatic N) is 1. The van der Waals surface area contributed by atoms with Gasteiger partial charge in [0.1, 0.15) is 0 Å². The largest absolute Gasteiger partial charge is 0.350 e. The smallest absolute Gasteiger partial charge is 0.272 e. The summed E-state index contributed by atoms with van der Waals surface area (Å²) in [6.07, 6.45) is 1.82. The van der Waals surface area contributed by atoms with Crippen LogP contribution in [0.15, 0.2) is 30.3 Å². The molecule has 0 radical (unpaired) electrons. The van der Waals surface area contributed by atoms with E-state index in [-0.39, 0.29) is 11.3 Å². The van der Waals surface area contributed by atoms with E-state index in [1.807, 2.05) is 18.2 Å². The summed E-state index contributed by atoms with van der Waals surface area (Å²) in [4.78, 5) is 12.5. The molecule has 1 aliphatic rings. The number of aromatic nitrogens is 2. The van der Waals surface area contributed by atoms with E-state index in [0.29, 0.717) is 18.8 Å². The van der Waals surface area contributed by atoms with E-state index < -0.39 is 0 Å². The Labute approximate surface area is 136 Å². The number of rotatable bonds is 5. The van der Waals surface area contributed by atoms with Crippen LogP contribution in [0.4, 0.5) is 0 Å². The van der Waals surface area contributed by atoms with Gasteiger partial charge in [-0.3, -0.25) is 9.89 Å². The lowest BCUT2D eigenvalue weighted by Gasteiger charge is -2.25. The zero-order valence-corrected chi connectivity index (χ0v) is 13.8. The van der Waals surface area contributed by atoms with Crippen LogP contribution in [0.3, 0.4) is 0 Å². The monoisotopic (exact) mass is 312 g/mol. The first-order valence-corrected chi connectivity index (χ1v) is 8.14. The fraction of sp³-hybridized carbons (Fsp3) is 0.444. The third-order valence-corrected chi connectivity index (χ3v) is 4.27. The first kappa shape index (κ1) is 15.7. The fourth-order valence-corrected chi connectivity index (χ4v) is 3.03. The van der Waals surface area contributed by atoms with Gasteiger partial charge in [0, 0.05) is 37.3 Å². The topological polar surface area (TPSA) is 69.8 Å². The number of carbonyl (C=O) groups is 1. The summed E-state index contributed by atoms with van der Waals surface area (Å²) < 4.78 is 0. The van der Waals surface area contributed by atoms with E-state index in [1.165, 1.54) is 5.56 Å². The lowest BCUT2D eigenvalue weighted by atomic mass is 9.85. The predicted molar refractivity (Wildman–Crippen MR) is 90.3 cm³/mol. The molecule has 1 aromatic heterocycles. The van der Waals surface area contributed by atoms with Gasteiger partial charge in [-0.1, -0.05) is 44.2 Å². The van der Waals surface area contributed by atoms with Gasteiger partial charge in [-0.15, -0.1) is 0 Å². The van der Waals surface area contributed by atoms with Crippen LogP contribution in [0.2, 0.25) is 0 Å². The molecule has 0 spiro atoms. The summed E-state index contributed by atoms with van der Waals surface area (Å²) in [6, 6.07) is 10.4. The van der Waals surface area contributed by atoms with E-state index in [0.717, 1.165) is 30.6 Å². The number of benzene rings is 1. The van der Waals surface area contributed by atoms with E-state index >= 15 is 0 Å². The van der Waals surface area contributed by atoms with Crippen LogP contribution in [0.5, 0.6) is 0 Å². The van der Waals surface area contributed by atoms with Crippen LogP contribution in [-0.4, -0.2) is 29.2 Å². The summed E-state index contributed by atoms with van der Waals surface area (Å²) in [5, 5.41) is 13.5. The summed E-state index contributed by atoms with van der Waals surface area (Å²) in [5.41, 5.74) is 3.90. The van der Waals surface area contributed by atoms with Crippen molar-refractivity contribution in [1.29, 1.82) is 0 Å². The summed E-state index contributed by atoms with van der Waals surface area (Å²) >= 11 is 0. The van der Waals surface area contributed by atoms with Gasteiger partial charge in [-0.2, -0.15) is 5.10 Å². The molecule has 0 saturated carbocycles. The molecule has 0 fully saturated rings. The maximum absolute atomic E-state index is 12.5. The zero-order chi connectivity index (χ0) is 16.3. The molecule has 1 aromatic carbocycles. The Bertz CT molecular complexity index is 676. The average Bonchev–Trinajstić information content (AvgIpc) is 2.97. The van der Waals surface area contributed by atoms with Crippen molar-refractivity contribution < 1.29 is 4.79 Å². The molecule has 3 rings (SSSR count). The van der Waals surface area contributed by atoms with Gasteiger partial charge in [0.2, 0.25) is 0 Å². The highest BCUT2D eigenvalue weighted by Gasteiger charge is 2.24. The molecule has 3 N–H and O–H groups in total. The number of hydrogen-bond donors (Lipinski definition) is 3. The molecule has 1 amide bonds. The van der Waals surface area contributed by atoms with Gasteiger partial charge in [0.25, 0.3) is 5.91 Å². The molecule has 0 unspecified atom stereocenters. The highest BCUT2D eigenvalue weighted by Crippen LogP contribution is 2.21. The second kappa shape index (κ2) is 6.54. The van der Waals surface area contributed by atoms with Crippen LogP contribution < -0.4 is 10.6 Å². The Morgan fingerprint density at radius 1 is 1.30 bits per heavy atom. The van der Waals surface area contributed by atoms with E-state index in [4.69, 9.17) is 0 Å². The number of nitrogens with one attached hydrogen (secondary N) is 3. The van der Waals surface area contributed by atoms with Crippen molar-refractivity contribution in [3.63, 3.8) is 0 Å². The van der Waals surface area contributed by atoms with Crippen molar-refractivity contribution in [2.75, 3.05) is 13.1 Å². The Morgan fingerprint density at radius 3 is 2.87 bits per heavy atom. The third-order valence-electron chi connectivity index (χ3n) is 4.27. The molecule has 5 heteroatoms. The minimum Gasteiger partial charge on any atom is -0.350 e. The number of amides is 1. The van der Waals surface area contributed by atoms with Gasteiger partial charge in [-0.25, -0.2) is 0 Å². The first-order chi connectivity index (χ1) is 11.1. The van der Waals surface area contributed by atoms with E-state index in [1.54, 1.807) is 0 Å². The minimum atomic E-state index is -0.0904. The van der Waals surface area contributed by atoms with Crippen LogP contribution in [-0.2, 0) is 19.4 Å². The number of hydrogen-bond acceptors (Lipinski definition) is 3. The maximum Gasteiger partial charge on any atom is 0.272 e. The van der Waals surface area contributed by atoms with Gasteiger partial charge >= 0.3 is 0 Å². The van der Waals surface area contributed by atoms with Crippen molar-refractivity contribution in [1.82, 2.24) is 20.8 Å². The Hall–Kier alpha value is -2.14. The zero-order valence-electron chi connectivity index (χ0n) is 13.8. The van der Waals surface area contributed by atoms with Gasteiger partial charge < -0.3 is 10.6 Å². The Kier molecular flexibility index (Phi) is 4.48. The molecule has 0 aliphatic carbocycles. The van der Waals surface area contributed by atoms with Crippen LogP contribution in [0.1, 0.15) is 41.2 Å². The Morgan fingerprint density at radius 2 is 2.09 bits per heavy atom. The number of carbonyl (C=O) groups excluding carboxylic acids is 1. The van der Waals surface area contributed by atoms with Crippen molar-refractivity contribution >= 4 is 5.91 Å². The van der Waals surface area contributed by atoms with Crippen molar-refractivity contribution in [3.05, 3.63) is 52.8 Å². The highest BCUT2D eigenvalue weighted by molar-refractivity contribution is 5.94. The lowest BCUT2D eigenvalue weighted by molar-refractivity contribution is 0.0930.